The third-order valence-electron chi connectivity index (χ3n) is 8.27. The molecule has 0 aliphatic heterocycles. The van der Waals surface area contributed by atoms with Gasteiger partial charge in [0.2, 0.25) is 0 Å². The molecule has 0 saturated heterocycles. The maximum Gasteiger partial charge on any atom is 0.303 e. The summed E-state index contributed by atoms with van der Waals surface area (Å²) in [4.78, 5) is 16.5. The summed E-state index contributed by atoms with van der Waals surface area (Å²) in [6.45, 7) is 3.62. The Bertz CT molecular complexity index is 1590. The minimum atomic E-state index is -0.944. The monoisotopic (exact) mass is 585 g/mol. The van der Waals surface area contributed by atoms with E-state index >= 15 is 0 Å². The van der Waals surface area contributed by atoms with Crippen LogP contribution in [0.15, 0.2) is 78.9 Å². The van der Waals surface area contributed by atoms with Crippen molar-refractivity contribution in [2.45, 2.75) is 62.7 Å². The van der Waals surface area contributed by atoms with Crippen LogP contribution in [0.3, 0.4) is 0 Å². The number of carboxylic acid groups (broad SMARTS) is 1. The normalized spacial score (nSPS) is 16.1. The summed E-state index contributed by atoms with van der Waals surface area (Å²) < 4.78 is 0. The fourth-order valence-electron chi connectivity index (χ4n) is 5.89. The number of pyridine rings is 1. The molecule has 4 nitrogen and oxygen atoms in total. The van der Waals surface area contributed by atoms with Crippen LogP contribution < -0.4 is 0 Å². The highest BCUT2D eigenvalue weighted by molar-refractivity contribution is 7.81. The molecule has 212 valence electrons. The number of carboxylic acids is 1. The van der Waals surface area contributed by atoms with E-state index in [-0.39, 0.29) is 23.0 Å². The standard InChI is InChI=1S/C35H36ClNO3S/c1-34(2,40)30-9-4-3-7-24(30)13-17-29(33(41)35(18-19-35)22-32(38)39)26-8-5-6-23(20-26)10-15-28-16-12-25-11-14-27(36)21-31(25)37-28/h3-12,14-16,20-21,29,33,40-41H,13,17-19,22H2,1-2H3,(H,38,39)/t29-,33+/m1/s1. The highest BCUT2D eigenvalue weighted by Gasteiger charge is 2.51. The molecule has 2 N–H and O–H groups in total. The molecule has 41 heavy (non-hydrogen) atoms. The largest absolute Gasteiger partial charge is 0.481 e. The van der Waals surface area contributed by atoms with Gasteiger partial charge in [0.15, 0.2) is 0 Å². The Morgan fingerprint density at radius 3 is 2.54 bits per heavy atom. The fourth-order valence-corrected chi connectivity index (χ4v) is 6.73. The molecular formula is C35H36ClNO3S. The average Bonchev–Trinajstić information content (AvgIpc) is 3.71. The minimum absolute atomic E-state index is 0.0457. The fraction of sp³-hybridized carbons (Fsp3) is 0.314. The molecule has 1 aromatic heterocycles. The first-order chi connectivity index (χ1) is 19.5. The molecule has 0 amide bonds. The SMILES string of the molecule is CC(C)(O)c1ccccc1CC[C@H](c1cccc(C=Cc2ccc3ccc(Cl)cc3n2)c1)[C@H](S)C1(CC(=O)O)CC1. The van der Waals surface area contributed by atoms with Gasteiger partial charge in [-0.2, -0.15) is 12.6 Å². The number of aliphatic hydroxyl groups is 1. The summed E-state index contributed by atoms with van der Waals surface area (Å²) in [5.74, 6) is -0.724. The number of aryl methyl sites for hydroxylation is 1. The Labute approximate surface area is 252 Å². The van der Waals surface area contributed by atoms with Crippen LogP contribution in [0.1, 0.15) is 73.4 Å². The zero-order valence-electron chi connectivity index (χ0n) is 23.4. The molecule has 5 rings (SSSR count). The van der Waals surface area contributed by atoms with Crippen LogP contribution in [0.5, 0.6) is 0 Å². The summed E-state index contributed by atoms with van der Waals surface area (Å²) in [7, 11) is 0. The molecule has 6 heteroatoms. The summed E-state index contributed by atoms with van der Waals surface area (Å²) >= 11 is 11.3. The topological polar surface area (TPSA) is 70.4 Å². The lowest BCUT2D eigenvalue weighted by atomic mass is 9.79. The summed E-state index contributed by atoms with van der Waals surface area (Å²) in [5, 5.41) is 22.0. The lowest BCUT2D eigenvalue weighted by Crippen LogP contribution is -2.27. The summed E-state index contributed by atoms with van der Waals surface area (Å²) in [5.41, 5.74) is 4.66. The number of nitrogens with zero attached hydrogens (tertiary/aromatic N) is 1. The molecule has 1 fully saturated rings. The second-order valence-corrected chi connectivity index (χ2v) is 12.8. The number of carbonyl (C=O) groups is 1. The first-order valence-electron chi connectivity index (χ1n) is 14.1. The van der Waals surface area contributed by atoms with Crippen molar-refractivity contribution in [2.75, 3.05) is 0 Å². The van der Waals surface area contributed by atoms with Gasteiger partial charge in [0.25, 0.3) is 0 Å². The van der Waals surface area contributed by atoms with Crippen LogP contribution in [-0.2, 0) is 16.8 Å². The molecule has 0 bridgehead atoms. The van der Waals surface area contributed by atoms with E-state index in [1.807, 2.05) is 68.5 Å². The molecule has 0 radical (unpaired) electrons. The van der Waals surface area contributed by atoms with Crippen molar-refractivity contribution < 1.29 is 15.0 Å². The van der Waals surface area contributed by atoms with Gasteiger partial charge in [-0.05, 0) is 97.4 Å². The van der Waals surface area contributed by atoms with Crippen LogP contribution in [0.25, 0.3) is 23.1 Å². The minimum Gasteiger partial charge on any atom is -0.481 e. The average molecular weight is 586 g/mol. The number of aromatic nitrogens is 1. The van der Waals surface area contributed by atoms with E-state index in [9.17, 15) is 15.0 Å². The third kappa shape index (κ3) is 7.03. The third-order valence-corrected chi connectivity index (χ3v) is 9.41. The van der Waals surface area contributed by atoms with E-state index in [1.165, 1.54) is 0 Å². The van der Waals surface area contributed by atoms with Crippen LogP contribution in [0, 0.1) is 5.41 Å². The molecule has 0 spiro atoms. The molecular weight excluding hydrogens is 550 g/mol. The highest BCUT2D eigenvalue weighted by atomic mass is 35.5. The Morgan fingerprint density at radius 2 is 1.80 bits per heavy atom. The smallest absolute Gasteiger partial charge is 0.303 e. The number of aliphatic carboxylic acids is 1. The van der Waals surface area contributed by atoms with E-state index in [1.54, 1.807) is 0 Å². The van der Waals surface area contributed by atoms with Gasteiger partial charge < -0.3 is 10.2 Å². The summed E-state index contributed by atoms with van der Waals surface area (Å²) in [6, 6.07) is 26.2. The maximum absolute atomic E-state index is 11.7. The lowest BCUT2D eigenvalue weighted by molar-refractivity contribution is -0.138. The van der Waals surface area contributed by atoms with Crippen LogP contribution >= 0.6 is 24.2 Å². The van der Waals surface area contributed by atoms with Crippen LogP contribution in [-0.4, -0.2) is 26.4 Å². The van der Waals surface area contributed by atoms with E-state index in [0.717, 1.165) is 64.5 Å². The van der Waals surface area contributed by atoms with Gasteiger partial charge in [-0.25, -0.2) is 4.98 Å². The molecule has 2 atom stereocenters. The van der Waals surface area contributed by atoms with Crippen molar-refractivity contribution in [2.24, 2.45) is 5.41 Å². The van der Waals surface area contributed by atoms with Gasteiger partial charge in [-0.15, -0.1) is 0 Å². The zero-order chi connectivity index (χ0) is 29.2. The lowest BCUT2D eigenvalue weighted by Gasteiger charge is -2.31. The molecule has 3 aromatic carbocycles. The van der Waals surface area contributed by atoms with Gasteiger partial charge in [-0.3, -0.25) is 4.79 Å². The van der Waals surface area contributed by atoms with Crippen molar-refractivity contribution in [3.63, 3.8) is 0 Å². The number of halogens is 1. The molecule has 1 heterocycles. The second-order valence-electron chi connectivity index (χ2n) is 11.8. The van der Waals surface area contributed by atoms with Crippen LogP contribution in [0.2, 0.25) is 5.02 Å². The Morgan fingerprint density at radius 1 is 1.05 bits per heavy atom. The van der Waals surface area contributed by atoms with Gasteiger partial charge >= 0.3 is 5.97 Å². The number of benzene rings is 3. The highest BCUT2D eigenvalue weighted by Crippen LogP contribution is 2.58. The molecule has 0 unspecified atom stereocenters. The van der Waals surface area contributed by atoms with E-state index in [2.05, 4.69) is 36.4 Å². The predicted octanol–water partition coefficient (Wildman–Crippen LogP) is 8.56. The van der Waals surface area contributed by atoms with Gasteiger partial charge in [0.1, 0.15) is 0 Å². The molecule has 4 aromatic rings. The number of thiol groups is 1. The van der Waals surface area contributed by atoms with Gasteiger partial charge in [-0.1, -0.05) is 78.3 Å². The Hall–Kier alpha value is -3.12. The zero-order valence-corrected chi connectivity index (χ0v) is 25.1. The van der Waals surface area contributed by atoms with Crippen LogP contribution in [0.4, 0.5) is 0 Å². The second kappa shape index (κ2) is 12.0. The Balaban J connectivity index is 1.43. The maximum atomic E-state index is 11.7. The van der Waals surface area contributed by atoms with Gasteiger partial charge in [0.05, 0.1) is 23.2 Å². The summed E-state index contributed by atoms with van der Waals surface area (Å²) in [6.07, 6.45) is 7.50. The molecule has 1 aliphatic carbocycles. The van der Waals surface area contributed by atoms with Crippen molar-refractivity contribution >= 4 is 53.3 Å². The first-order valence-corrected chi connectivity index (χ1v) is 15.0. The van der Waals surface area contributed by atoms with Gasteiger partial charge in [0, 0.05) is 15.7 Å². The Kier molecular flexibility index (Phi) is 8.60. The van der Waals surface area contributed by atoms with E-state index in [0.29, 0.717) is 5.02 Å². The van der Waals surface area contributed by atoms with Crippen molar-refractivity contribution in [3.8, 4) is 0 Å². The van der Waals surface area contributed by atoms with Crippen molar-refractivity contribution in [1.82, 2.24) is 4.98 Å². The van der Waals surface area contributed by atoms with Crippen molar-refractivity contribution in [1.29, 1.82) is 0 Å². The van der Waals surface area contributed by atoms with E-state index < -0.39 is 11.6 Å². The first kappa shape index (κ1) is 29.4. The predicted molar refractivity (Wildman–Crippen MR) is 172 cm³/mol. The van der Waals surface area contributed by atoms with E-state index in [4.69, 9.17) is 29.2 Å². The molecule has 1 aliphatic rings. The number of hydrogen-bond donors (Lipinski definition) is 3. The quantitative estimate of drug-likeness (QED) is 0.154. The van der Waals surface area contributed by atoms with Crippen molar-refractivity contribution in [3.05, 3.63) is 112 Å². The number of fused-ring (bicyclic) bond motifs is 1. The number of rotatable bonds is 11. The number of hydrogen-bond acceptors (Lipinski definition) is 4. The molecule has 1 saturated carbocycles.